The van der Waals surface area contributed by atoms with E-state index in [0.717, 1.165) is 11.3 Å². The van der Waals surface area contributed by atoms with Crippen LogP contribution >= 0.6 is 0 Å². The van der Waals surface area contributed by atoms with Crippen molar-refractivity contribution in [2.24, 2.45) is 5.73 Å². The minimum absolute atomic E-state index is 0.0510. The lowest BCUT2D eigenvalue weighted by Gasteiger charge is -2.28. The predicted molar refractivity (Wildman–Crippen MR) is 49.5 cm³/mol. The van der Waals surface area contributed by atoms with Gasteiger partial charge in [-0.15, -0.1) is 0 Å². The Morgan fingerprint density at radius 2 is 2.23 bits per heavy atom. The number of aliphatic hydroxyl groups is 1. The van der Waals surface area contributed by atoms with Gasteiger partial charge in [0.15, 0.2) is 0 Å². The maximum absolute atomic E-state index is 9.73. The highest BCUT2D eigenvalue weighted by Gasteiger charge is 2.25. The number of para-hydroxylation sites is 1. The number of nitrogens with two attached hydrogens (primary N) is 1. The van der Waals surface area contributed by atoms with Gasteiger partial charge in [-0.2, -0.15) is 0 Å². The number of fused-ring (bicyclic) bond motifs is 1. The molecule has 0 bridgehead atoms. The average molecular weight is 179 g/mol. The Balaban J connectivity index is 2.31. The van der Waals surface area contributed by atoms with Crippen LogP contribution in [0.4, 0.5) is 0 Å². The van der Waals surface area contributed by atoms with Gasteiger partial charge in [-0.1, -0.05) is 18.2 Å². The van der Waals surface area contributed by atoms with Gasteiger partial charge >= 0.3 is 0 Å². The molecule has 0 aliphatic carbocycles. The van der Waals surface area contributed by atoms with Crippen molar-refractivity contribution in [2.45, 2.75) is 18.6 Å². The molecule has 0 saturated carbocycles. The fourth-order valence-corrected chi connectivity index (χ4v) is 1.61. The molecule has 70 valence electrons. The molecule has 2 atom stereocenters. The van der Waals surface area contributed by atoms with E-state index in [1.807, 2.05) is 24.3 Å². The summed E-state index contributed by atoms with van der Waals surface area (Å²) < 4.78 is 5.57. The molecule has 1 aliphatic heterocycles. The maximum atomic E-state index is 9.73. The summed E-state index contributed by atoms with van der Waals surface area (Å²) >= 11 is 0. The summed E-state index contributed by atoms with van der Waals surface area (Å²) in [6, 6.07) is 7.53. The molecule has 1 heterocycles. The fourth-order valence-electron chi connectivity index (χ4n) is 1.61. The number of ether oxygens (including phenoxy) is 1. The molecule has 3 heteroatoms. The summed E-state index contributed by atoms with van der Waals surface area (Å²) in [5.41, 5.74) is 6.35. The normalized spacial score (nSPS) is 26.3. The van der Waals surface area contributed by atoms with Crippen molar-refractivity contribution in [2.75, 3.05) is 6.54 Å². The van der Waals surface area contributed by atoms with Gasteiger partial charge in [0.2, 0.25) is 0 Å². The molecule has 13 heavy (non-hydrogen) atoms. The lowest BCUT2D eigenvalue weighted by molar-refractivity contribution is 0.0701. The first kappa shape index (κ1) is 8.53. The van der Waals surface area contributed by atoms with Crippen molar-refractivity contribution in [1.29, 1.82) is 0 Å². The van der Waals surface area contributed by atoms with Crippen molar-refractivity contribution in [1.82, 2.24) is 0 Å². The molecule has 0 aromatic heterocycles. The lowest BCUT2D eigenvalue weighted by atomic mass is 9.99. The van der Waals surface area contributed by atoms with E-state index in [2.05, 4.69) is 0 Å². The molecule has 0 amide bonds. The molecular weight excluding hydrogens is 166 g/mol. The zero-order valence-corrected chi connectivity index (χ0v) is 7.31. The second-order valence-corrected chi connectivity index (χ2v) is 3.26. The minimum atomic E-state index is -0.432. The van der Waals surface area contributed by atoms with Crippen LogP contribution in [-0.2, 0) is 0 Å². The number of rotatable bonds is 1. The zero-order valence-electron chi connectivity index (χ0n) is 7.31. The Morgan fingerprint density at radius 3 is 3.00 bits per heavy atom. The topological polar surface area (TPSA) is 55.5 Å². The fraction of sp³-hybridized carbons (Fsp3) is 0.400. The van der Waals surface area contributed by atoms with E-state index in [9.17, 15) is 5.11 Å². The smallest absolute Gasteiger partial charge is 0.125 e. The highest BCUT2D eigenvalue weighted by Crippen LogP contribution is 2.33. The van der Waals surface area contributed by atoms with E-state index in [0.29, 0.717) is 13.0 Å². The van der Waals surface area contributed by atoms with Crippen LogP contribution in [0.25, 0.3) is 0 Å². The third-order valence-corrected chi connectivity index (χ3v) is 2.32. The average Bonchev–Trinajstić information content (AvgIpc) is 2.18. The van der Waals surface area contributed by atoms with Crippen molar-refractivity contribution in [3.63, 3.8) is 0 Å². The lowest BCUT2D eigenvalue weighted by Crippen LogP contribution is -2.32. The van der Waals surface area contributed by atoms with E-state index in [1.165, 1.54) is 0 Å². The Bertz CT molecular complexity index is 301. The first-order valence-electron chi connectivity index (χ1n) is 4.45. The molecular formula is C10H13NO2. The summed E-state index contributed by atoms with van der Waals surface area (Å²) in [4.78, 5) is 0. The zero-order chi connectivity index (χ0) is 9.26. The predicted octanol–water partition coefficient (Wildman–Crippen LogP) is 0.830. The quantitative estimate of drug-likeness (QED) is 0.671. The second-order valence-electron chi connectivity index (χ2n) is 3.26. The van der Waals surface area contributed by atoms with E-state index in [1.54, 1.807) is 0 Å². The van der Waals surface area contributed by atoms with E-state index < -0.39 is 6.10 Å². The molecule has 1 aromatic carbocycles. The molecule has 0 unspecified atom stereocenters. The summed E-state index contributed by atoms with van der Waals surface area (Å²) in [5, 5.41) is 9.73. The monoisotopic (exact) mass is 179 g/mol. The van der Waals surface area contributed by atoms with E-state index >= 15 is 0 Å². The molecule has 3 nitrogen and oxygen atoms in total. The molecule has 0 spiro atoms. The number of hydrogen-bond donors (Lipinski definition) is 2. The first-order chi connectivity index (χ1) is 6.31. The van der Waals surface area contributed by atoms with Gasteiger partial charge in [0, 0.05) is 18.5 Å². The molecule has 1 aliphatic rings. The molecule has 0 fully saturated rings. The standard InChI is InChI=1S/C10H13NO2/c11-6-7-5-9(12)8-3-1-2-4-10(8)13-7/h1-4,7,9,12H,5-6,11H2/t7-,9-/m1/s1. The molecule has 0 radical (unpaired) electrons. The van der Waals surface area contributed by atoms with Crippen molar-refractivity contribution in [3.05, 3.63) is 29.8 Å². The van der Waals surface area contributed by atoms with Gasteiger partial charge in [0.1, 0.15) is 11.9 Å². The number of aliphatic hydroxyl groups excluding tert-OH is 1. The van der Waals surface area contributed by atoms with Gasteiger partial charge < -0.3 is 15.6 Å². The molecule has 2 rings (SSSR count). The summed E-state index contributed by atoms with van der Waals surface area (Å²) in [5.74, 6) is 0.761. The van der Waals surface area contributed by atoms with Gasteiger partial charge in [0.05, 0.1) is 6.10 Å². The van der Waals surface area contributed by atoms with Crippen LogP contribution in [0.2, 0.25) is 0 Å². The van der Waals surface area contributed by atoms with E-state index in [-0.39, 0.29) is 6.10 Å². The third-order valence-electron chi connectivity index (χ3n) is 2.32. The summed E-state index contributed by atoms with van der Waals surface area (Å²) in [7, 11) is 0. The van der Waals surface area contributed by atoms with Crippen LogP contribution in [0, 0.1) is 0 Å². The molecule has 3 N–H and O–H groups in total. The van der Waals surface area contributed by atoms with E-state index in [4.69, 9.17) is 10.5 Å². The summed E-state index contributed by atoms with van der Waals surface area (Å²) in [6.07, 6.45) is 0.108. The van der Waals surface area contributed by atoms with Crippen LogP contribution in [0.1, 0.15) is 18.1 Å². The van der Waals surface area contributed by atoms with Crippen LogP contribution in [0.15, 0.2) is 24.3 Å². The number of hydrogen-bond acceptors (Lipinski definition) is 3. The van der Waals surface area contributed by atoms with Crippen molar-refractivity contribution in [3.8, 4) is 5.75 Å². The second kappa shape index (κ2) is 3.36. The third kappa shape index (κ3) is 1.53. The minimum Gasteiger partial charge on any atom is -0.489 e. The maximum Gasteiger partial charge on any atom is 0.125 e. The summed E-state index contributed by atoms with van der Waals surface area (Å²) in [6.45, 7) is 0.450. The SMILES string of the molecule is NC[C@H]1C[C@@H](O)c2ccccc2O1. The van der Waals surface area contributed by atoms with Gasteiger partial charge in [-0.25, -0.2) is 0 Å². The number of benzene rings is 1. The Kier molecular flexibility index (Phi) is 2.20. The Labute approximate surface area is 77.1 Å². The van der Waals surface area contributed by atoms with Crippen molar-refractivity contribution < 1.29 is 9.84 Å². The van der Waals surface area contributed by atoms with Crippen LogP contribution in [0.5, 0.6) is 5.75 Å². The first-order valence-corrected chi connectivity index (χ1v) is 4.45. The Morgan fingerprint density at radius 1 is 1.46 bits per heavy atom. The van der Waals surface area contributed by atoms with Crippen LogP contribution < -0.4 is 10.5 Å². The van der Waals surface area contributed by atoms with Gasteiger partial charge in [-0.05, 0) is 6.07 Å². The van der Waals surface area contributed by atoms with Crippen LogP contribution in [0.3, 0.4) is 0 Å². The van der Waals surface area contributed by atoms with Gasteiger partial charge in [0.25, 0.3) is 0 Å². The largest absolute Gasteiger partial charge is 0.489 e. The molecule has 1 aromatic rings. The highest BCUT2D eigenvalue weighted by atomic mass is 16.5. The highest BCUT2D eigenvalue weighted by molar-refractivity contribution is 5.36. The molecule has 0 saturated heterocycles. The Hall–Kier alpha value is -1.06. The van der Waals surface area contributed by atoms with Crippen molar-refractivity contribution >= 4 is 0 Å². The van der Waals surface area contributed by atoms with Crippen LogP contribution in [-0.4, -0.2) is 17.8 Å². The van der Waals surface area contributed by atoms with Gasteiger partial charge in [-0.3, -0.25) is 0 Å².